The third-order valence-electron chi connectivity index (χ3n) is 4.51. The lowest BCUT2D eigenvalue weighted by molar-refractivity contribution is -0.151. The molecule has 6 nitrogen and oxygen atoms in total. The van der Waals surface area contributed by atoms with Gasteiger partial charge in [0.25, 0.3) is 5.91 Å². The highest BCUT2D eigenvalue weighted by Gasteiger charge is 2.37. The standard InChI is InChI=1S/C21H20Cl2N2O4/c1-12-5-13(2)7-16(6-12)24-19(26)11-29-21(28)14-8-20(27)25(10-14)18-9-15(22)3-4-17(18)23/h3-7,9,14H,8,10-11H2,1-2H3,(H,24,26)/t14-/m1/s1. The van der Waals surface area contributed by atoms with Gasteiger partial charge in [0.05, 0.1) is 16.6 Å². The van der Waals surface area contributed by atoms with Crippen LogP contribution < -0.4 is 10.2 Å². The molecule has 8 heteroatoms. The normalized spacial score (nSPS) is 16.1. The average molecular weight is 435 g/mol. The van der Waals surface area contributed by atoms with Gasteiger partial charge in [0, 0.05) is 23.7 Å². The smallest absolute Gasteiger partial charge is 0.311 e. The summed E-state index contributed by atoms with van der Waals surface area (Å²) in [5.74, 6) is -1.97. The maximum Gasteiger partial charge on any atom is 0.311 e. The van der Waals surface area contributed by atoms with E-state index in [4.69, 9.17) is 27.9 Å². The van der Waals surface area contributed by atoms with Crippen LogP contribution >= 0.6 is 23.2 Å². The molecule has 29 heavy (non-hydrogen) atoms. The Morgan fingerprint density at radius 2 is 1.83 bits per heavy atom. The molecule has 2 aromatic carbocycles. The Kier molecular flexibility index (Phi) is 6.45. The lowest BCUT2D eigenvalue weighted by Crippen LogP contribution is -2.28. The van der Waals surface area contributed by atoms with Crippen molar-refractivity contribution in [2.24, 2.45) is 5.92 Å². The second kappa shape index (κ2) is 8.84. The predicted octanol–water partition coefficient (Wildman–Crippen LogP) is 4.15. The van der Waals surface area contributed by atoms with Crippen molar-refractivity contribution >= 4 is 52.4 Å². The summed E-state index contributed by atoms with van der Waals surface area (Å²) in [6.45, 7) is 3.56. The summed E-state index contributed by atoms with van der Waals surface area (Å²) < 4.78 is 5.12. The molecule has 2 amide bonds. The number of nitrogens with one attached hydrogen (secondary N) is 1. The number of benzene rings is 2. The molecule has 0 unspecified atom stereocenters. The van der Waals surface area contributed by atoms with Gasteiger partial charge in [-0.3, -0.25) is 14.4 Å². The van der Waals surface area contributed by atoms with Gasteiger partial charge >= 0.3 is 5.97 Å². The zero-order chi connectivity index (χ0) is 21.1. The number of aryl methyl sites for hydroxylation is 2. The molecule has 0 saturated carbocycles. The average Bonchev–Trinajstić information content (AvgIpc) is 3.02. The molecule has 3 rings (SSSR count). The molecule has 1 aliphatic rings. The Hall–Kier alpha value is -2.57. The first kappa shape index (κ1) is 21.1. The minimum Gasteiger partial charge on any atom is -0.455 e. The van der Waals surface area contributed by atoms with Crippen LogP contribution in [0.25, 0.3) is 0 Å². The second-order valence-electron chi connectivity index (χ2n) is 7.03. The molecule has 0 spiro atoms. The number of anilines is 2. The summed E-state index contributed by atoms with van der Waals surface area (Å²) in [5, 5.41) is 3.50. The van der Waals surface area contributed by atoms with Crippen LogP contribution in [0.3, 0.4) is 0 Å². The van der Waals surface area contributed by atoms with E-state index >= 15 is 0 Å². The van der Waals surface area contributed by atoms with E-state index in [-0.39, 0.29) is 18.9 Å². The van der Waals surface area contributed by atoms with Crippen molar-refractivity contribution in [3.05, 3.63) is 57.6 Å². The summed E-state index contributed by atoms with van der Waals surface area (Å²) in [4.78, 5) is 38.2. The quantitative estimate of drug-likeness (QED) is 0.717. The van der Waals surface area contributed by atoms with Crippen LogP contribution in [0.15, 0.2) is 36.4 Å². The van der Waals surface area contributed by atoms with Gasteiger partial charge in [-0.25, -0.2) is 0 Å². The van der Waals surface area contributed by atoms with Crippen molar-refractivity contribution < 1.29 is 19.1 Å². The Morgan fingerprint density at radius 1 is 1.14 bits per heavy atom. The van der Waals surface area contributed by atoms with Crippen LogP contribution in [0.1, 0.15) is 17.5 Å². The summed E-state index contributed by atoms with van der Waals surface area (Å²) >= 11 is 12.1. The number of rotatable bonds is 5. The molecule has 0 radical (unpaired) electrons. The molecular weight excluding hydrogens is 415 g/mol. The topological polar surface area (TPSA) is 75.7 Å². The molecule has 0 aliphatic carbocycles. The van der Waals surface area contributed by atoms with Gasteiger partial charge < -0.3 is 15.0 Å². The van der Waals surface area contributed by atoms with Gasteiger partial charge in [-0.15, -0.1) is 0 Å². The highest BCUT2D eigenvalue weighted by atomic mass is 35.5. The highest BCUT2D eigenvalue weighted by molar-refractivity contribution is 6.35. The molecule has 0 bridgehead atoms. The predicted molar refractivity (Wildman–Crippen MR) is 112 cm³/mol. The van der Waals surface area contributed by atoms with E-state index in [0.717, 1.165) is 11.1 Å². The number of hydrogen-bond acceptors (Lipinski definition) is 4. The highest BCUT2D eigenvalue weighted by Crippen LogP contribution is 2.33. The molecule has 152 valence electrons. The molecule has 2 aromatic rings. The van der Waals surface area contributed by atoms with Crippen molar-refractivity contribution in [2.75, 3.05) is 23.4 Å². The van der Waals surface area contributed by atoms with Crippen LogP contribution in [0.4, 0.5) is 11.4 Å². The second-order valence-corrected chi connectivity index (χ2v) is 7.88. The lowest BCUT2D eigenvalue weighted by atomic mass is 10.1. The van der Waals surface area contributed by atoms with Gasteiger partial charge in [0.1, 0.15) is 0 Å². The van der Waals surface area contributed by atoms with E-state index in [1.165, 1.54) is 4.90 Å². The fourth-order valence-electron chi connectivity index (χ4n) is 3.29. The lowest BCUT2D eigenvalue weighted by Gasteiger charge is -2.18. The largest absolute Gasteiger partial charge is 0.455 e. The molecule has 1 fully saturated rings. The maximum absolute atomic E-state index is 12.3. The molecule has 1 atom stereocenters. The van der Waals surface area contributed by atoms with E-state index in [9.17, 15) is 14.4 Å². The Balaban J connectivity index is 1.56. The molecular formula is C21H20Cl2N2O4. The number of carbonyl (C=O) groups is 3. The van der Waals surface area contributed by atoms with Crippen LogP contribution in [-0.4, -0.2) is 30.9 Å². The van der Waals surface area contributed by atoms with Crippen LogP contribution in [0, 0.1) is 19.8 Å². The fraction of sp³-hybridized carbons (Fsp3) is 0.286. The van der Waals surface area contributed by atoms with Crippen LogP contribution in [0.2, 0.25) is 10.0 Å². The number of hydrogen-bond donors (Lipinski definition) is 1. The zero-order valence-corrected chi connectivity index (χ0v) is 17.5. The minimum absolute atomic E-state index is 0.0135. The fourth-order valence-corrected chi connectivity index (χ4v) is 3.68. The van der Waals surface area contributed by atoms with Crippen LogP contribution in [0.5, 0.6) is 0 Å². The van der Waals surface area contributed by atoms with E-state index < -0.39 is 24.4 Å². The summed E-state index contributed by atoms with van der Waals surface area (Å²) in [6.07, 6.45) is -0.0135. The maximum atomic E-state index is 12.3. The van der Waals surface area contributed by atoms with Crippen molar-refractivity contribution in [1.82, 2.24) is 0 Å². The molecule has 1 heterocycles. The van der Waals surface area contributed by atoms with Crippen LogP contribution in [-0.2, 0) is 19.1 Å². The number of ether oxygens (including phenoxy) is 1. The number of esters is 1. The molecule has 1 aliphatic heterocycles. The number of carbonyl (C=O) groups excluding carboxylic acids is 3. The van der Waals surface area contributed by atoms with Gasteiger partial charge in [-0.05, 0) is 55.3 Å². The zero-order valence-electron chi connectivity index (χ0n) is 16.0. The molecule has 0 aromatic heterocycles. The Labute approximate surface area is 178 Å². The van der Waals surface area contributed by atoms with Gasteiger partial charge in [-0.2, -0.15) is 0 Å². The van der Waals surface area contributed by atoms with E-state index in [1.807, 2.05) is 32.0 Å². The summed E-state index contributed by atoms with van der Waals surface area (Å²) in [6, 6.07) is 10.4. The monoisotopic (exact) mass is 434 g/mol. The first-order chi connectivity index (χ1) is 13.7. The van der Waals surface area contributed by atoms with Gasteiger partial charge in [0.15, 0.2) is 6.61 Å². The molecule has 1 saturated heterocycles. The first-order valence-corrected chi connectivity index (χ1v) is 9.78. The van der Waals surface area contributed by atoms with Crippen molar-refractivity contribution in [1.29, 1.82) is 0 Å². The SMILES string of the molecule is Cc1cc(C)cc(NC(=O)COC(=O)[C@@H]2CC(=O)N(c3cc(Cl)ccc3Cl)C2)c1. The Bertz CT molecular complexity index is 957. The third-order valence-corrected chi connectivity index (χ3v) is 5.06. The summed E-state index contributed by atoms with van der Waals surface area (Å²) in [7, 11) is 0. The van der Waals surface area contributed by atoms with Crippen molar-refractivity contribution in [3.63, 3.8) is 0 Å². The van der Waals surface area contributed by atoms with Gasteiger partial charge in [-0.1, -0.05) is 29.3 Å². The van der Waals surface area contributed by atoms with E-state index in [0.29, 0.717) is 21.4 Å². The minimum atomic E-state index is -0.674. The number of halogens is 2. The number of amides is 2. The van der Waals surface area contributed by atoms with Gasteiger partial charge in [0.2, 0.25) is 5.91 Å². The van der Waals surface area contributed by atoms with Crippen molar-refractivity contribution in [2.45, 2.75) is 20.3 Å². The summed E-state index contributed by atoms with van der Waals surface area (Å²) in [5.41, 5.74) is 3.12. The van der Waals surface area contributed by atoms with E-state index in [2.05, 4.69) is 5.32 Å². The van der Waals surface area contributed by atoms with Crippen molar-refractivity contribution in [3.8, 4) is 0 Å². The Morgan fingerprint density at radius 3 is 2.52 bits per heavy atom. The third kappa shape index (κ3) is 5.28. The first-order valence-electron chi connectivity index (χ1n) is 9.03. The van der Waals surface area contributed by atoms with E-state index in [1.54, 1.807) is 18.2 Å². The number of nitrogens with zero attached hydrogens (tertiary/aromatic N) is 1. The molecule has 1 N–H and O–H groups in total.